The number of alkyl halides is 3. The van der Waals surface area contributed by atoms with Crippen LogP contribution in [-0.2, 0) is 11.2 Å². The highest BCUT2D eigenvalue weighted by Gasteiger charge is 2.41. The van der Waals surface area contributed by atoms with E-state index in [0.29, 0.717) is 37.0 Å². The standard InChI is InChI=1S/C26H29F3N2O3/c27-26(28,29)20-4-6-21(7-5-20)34-24-8-3-18-2-1-17(15-22(18)23(24)16-30)9-12-31-13-10-19(11-14-31)25(32)33/h1-3,8,15,19-21H,4-7,9-14H2,(H,32,33). The number of halogens is 3. The first-order valence-corrected chi connectivity index (χ1v) is 11.9. The average Bonchev–Trinajstić information content (AvgIpc) is 2.82. The lowest BCUT2D eigenvalue weighted by molar-refractivity contribution is -0.185. The van der Waals surface area contributed by atoms with E-state index >= 15 is 0 Å². The fourth-order valence-electron chi connectivity index (χ4n) is 5.09. The third kappa shape index (κ3) is 5.64. The van der Waals surface area contributed by atoms with Crippen molar-refractivity contribution in [3.05, 3.63) is 41.5 Å². The van der Waals surface area contributed by atoms with Crippen molar-refractivity contribution >= 4 is 16.7 Å². The summed E-state index contributed by atoms with van der Waals surface area (Å²) in [5.41, 5.74) is 1.49. The summed E-state index contributed by atoms with van der Waals surface area (Å²) < 4.78 is 44.9. The SMILES string of the molecule is N#Cc1c(OC2CCC(C(F)(F)F)CC2)ccc2ccc(CCN3CCC(C(=O)O)CC3)cc12. The van der Waals surface area contributed by atoms with Crippen LogP contribution >= 0.6 is 0 Å². The van der Waals surface area contributed by atoms with E-state index in [-0.39, 0.29) is 24.9 Å². The normalized spacial score (nSPS) is 22.4. The van der Waals surface area contributed by atoms with Crippen LogP contribution in [0.3, 0.4) is 0 Å². The molecule has 34 heavy (non-hydrogen) atoms. The molecule has 4 rings (SSSR count). The minimum Gasteiger partial charge on any atom is -0.489 e. The number of nitriles is 1. The molecule has 2 fully saturated rings. The third-order valence-electron chi connectivity index (χ3n) is 7.24. The number of likely N-dealkylation sites (tertiary alicyclic amines) is 1. The van der Waals surface area contributed by atoms with Crippen molar-refractivity contribution in [1.82, 2.24) is 4.90 Å². The van der Waals surface area contributed by atoms with Crippen LogP contribution in [0, 0.1) is 23.2 Å². The Bertz CT molecular complexity index is 1060. The van der Waals surface area contributed by atoms with E-state index in [1.54, 1.807) is 6.07 Å². The second-order valence-corrected chi connectivity index (χ2v) is 9.44. The molecule has 5 nitrogen and oxygen atoms in total. The van der Waals surface area contributed by atoms with E-state index in [9.17, 15) is 23.2 Å². The van der Waals surface area contributed by atoms with Gasteiger partial charge in [-0.2, -0.15) is 18.4 Å². The molecule has 0 bridgehead atoms. The van der Waals surface area contributed by atoms with Crippen molar-refractivity contribution in [3.8, 4) is 11.8 Å². The van der Waals surface area contributed by atoms with Gasteiger partial charge in [0.2, 0.25) is 0 Å². The first kappa shape index (κ1) is 24.3. The number of nitrogens with zero attached hydrogens (tertiary/aromatic N) is 2. The fraction of sp³-hybridized carbons (Fsp3) is 0.538. The fourth-order valence-corrected chi connectivity index (χ4v) is 5.09. The van der Waals surface area contributed by atoms with Gasteiger partial charge in [0, 0.05) is 11.9 Å². The number of fused-ring (bicyclic) bond motifs is 1. The van der Waals surface area contributed by atoms with Gasteiger partial charge in [-0.25, -0.2) is 0 Å². The maximum absolute atomic E-state index is 12.9. The predicted molar refractivity (Wildman–Crippen MR) is 122 cm³/mol. The molecule has 0 unspecified atom stereocenters. The van der Waals surface area contributed by atoms with Gasteiger partial charge in [-0.05, 0) is 81.1 Å². The van der Waals surface area contributed by atoms with Crippen molar-refractivity contribution in [3.63, 3.8) is 0 Å². The lowest BCUT2D eigenvalue weighted by atomic mass is 9.87. The molecule has 2 aliphatic rings. The van der Waals surface area contributed by atoms with E-state index in [2.05, 4.69) is 11.0 Å². The molecular formula is C26H29F3N2O3. The van der Waals surface area contributed by atoms with Crippen LogP contribution in [0.5, 0.6) is 5.75 Å². The number of ether oxygens (including phenoxy) is 1. The zero-order valence-corrected chi connectivity index (χ0v) is 19.0. The van der Waals surface area contributed by atoms with Crippen LogP contribution < -0.4 is 4.74 Å². The Morgan fingerprint density at radius 1 is 1.09 bits per heavy atom. The van der Waals surface area contributed by atoms with Crippen LogP contribution in [0.2, 0.25) is 0 Å². The summed E-state index contributed by atoms with van der Waals surface area (Å²) in [6.45, 7) is 2.35. The average molecular weight is 475 g/mol. The molecule has 1 saturated carbocycles. The lowest BCUT2D eigenvalue weighted by Crippen LogP contribution is -2.37. The van der Waals surface area contributed by atoms with Gasteiger partial charge < -0.3 is 14.7 Å². The highest BCUT2D eigenvalue weighted by atomic mass is 19.4. The summed E-state index contributed by atoms with van der Waals surface area (Å²) in [4.78, 5) is 13.4. The van der Waals surface area contributed by atoms with Crippen LogP contribution in [0.15, 0.2) is 30.3 Å². The number of hydrogen-bond donors (Lipinski definition) is 1. The summed E-state index contributed by atoms with van der Waals surface area (Å²) >= 11 is 0. The smallest absolute Gasteiger partial charge is 0.391 e. The quantitative estimate of drug-likeness (QED) is 0.594. The van der Waals surface area contributed by atoms with Gasteiger partial charge >= 0.3 is 12.1 Å². The van der Waals surface area contributed by atoms with Gasteiger partial charge in [0.25, 0.3) is 0 Å². The summed E-state index contributed by atoms with van der Waals surface area (Å²) in [6.07, 6.45) is -1.61. The maximum atomic E-state index is 12.9. The minimum atomic E-state index is -4.16. The minimum absolute atomic E-state index is 0.0531. The molecule has 2 aromatic carbocycles. The summed E-state index contributed by atoms with van der Waals surface area (Å²) in [5, 5.41) is 20.7. The van der Waals surface area contributed by atoms with Crippen LogP contribution in [0.4, 0.5) is 13.2 Å². The van der Waals surface area contributed by atoms with Crippen LogP contribution in [0.25, 0.3) is 10.8 Å². The number of carboxylic acids is 1. The van der Waals surface area contributed by atoms with Gasteiger partial charge in [-0.15, -0.1) is 0 Å². The van der Waals surface area contributed by atoms with E-state index in [1.807, 2.05) is 24.3 Å². The molecule has 1 saturated heterocycles. The molecule has 0 aromatic heterocycles. The first-order valence-electron chi connectivity index (χ1n) is 11.9. The first-order chi connectivity index (χ1) is 16.2. The number of rotatable bonds is 6. The number of aliphatic carboxylic acids is 1. The number of piperidine rings is 1. The van der Waals surface area contributed by atoms with Crippen molar-refractivity contribution in [1.29, 1.82) is 5.26 Å². The van der Waals surface area contributed by atoms with Crippen molar-refractivity contribution in [2.75, 3.05) is 19.6 Å². The Morgan fingerprint density at radius 3 is 2.38 bits per heavy atom. The zero-order valence-electron chi connectivity index (χ0n) is 19.0. The Morgan fingerprint density at radius 2 is 1.76 bits per heavy atom. The number of hydrogen-bond acceptors (Lipinski definition) is 4. The van der Waals surface area contributed by atoms with E-state index in [0.717, 1.165) is 42.4 Å². The second-order valence-electron chi connectivity index (χ2n) is 9.44. The second kappa shape index (κ2) is 10.2. The predicted octanol–water partition coefficient (Wildman–Crippen LogP) is 5.55. The van der Waals surface area contributed by atoms with Gasteiger partial charge in [-0.1, -0.05) is 18.2 Å². The lowest BCUT2D eigenvalue weighted by Gasteiger charge is -2.30. The topological polar surface area (TPSA) is 73.6 Å². The molecule has 0 spiro atoms. The van der Waals surface area contributed by atoms with Gasteiger partial charge in [0.1, 0.15) is 17.4 Å². The van der Waals surface area contributed by atoms with Crippen molar-refractivity contribution in [2.45, 2.75) is 57.2 Å². The highest BCUT2D eigenvalue weighted by molar-refractivity contribution is 5.90. The van der Waals surface area contributed by atoms with Gasteiger partial charge in [0.05, 0.1) is 17.9 Å². The monoisotopic (exact) mass is 474 g/mol. The molecule has 182 valence electrons. The van der Waals surface area contributed by atoms with Crippen molar-refractivity contribution < 1.29 is 27.8 Å². The van der Waals surface area contributed by atoms with E-state index in [4.69, 9.17) is 9.84 Å². The number of benzene rings is 2. The summed E-state index contributed by atoms with van der Waals surface area (Å²) in [5.74, 6) is -1.81. The Labute approximate surface area is 197 Å². The third-order valence-corrected chi connectivity index (χ3v) is 7.24. The summed E-state index contributed by atoms with van der Waals surface area (Å²) in [6, 6.07) is 11.9. The molecule has 0 amide bonds. The van der Waals surface area contributed by atoms with Crippen LogP contribution in [-0.4, -0.2) is 47.9 Å². The molecule has 1 heterocycles. The molecule has 2 aromatic rings. The molecule has 0 atom stereocenters. The molecular weight excluding hydrogens is 445 g/mol. The maximum Gasteiger partial charge on any atom is 0.391 e. The van der Waals surface area contributed by atoms with Crippen molar-refractivity contribution in [2.24, 2.45) is 11.8 Å². The van der Waals surface area contributed by atoms with Gasteiger partial charge in [0.15, 0.2) is 0 Å². The number of carboxylic acid groups (broad SMARTS) is 1. The van der Waals surface area contributed by atoms with E-state index < -0.39 is 18.1 Å². The molecule has 1 aliphatic heterocycles. The Hall–Kier alpha value is -2.79. The zero-order chi connectivity index (χ0) is 24.3. The number of carbonyl (C=O) groups is 1. The van der Waals surface area contributed by atoms with Crippen LogP contribution in [0.1, 0.15) is 49.7 Å². The highest BCUT2D eigenvalue weighted by Crippen LogP contribution is 2.39. The molecule has 1 aliphatic carbocycles. The van der Waals surface area contributed by atoms with Gasteiger partial charge in [-0.3, -0.25) is 4.79 Å². The Kier molecular flexibility index (Phi) is 7.32. The van der Waals surface area contributed by atoms with E-state index in [1.165, 1.54) is 0 Å². The molecule has 0 radical (unpaired) electrons. The Balaban J connectivity index is 1.42. The molecule has 8 heteroatoms. The largest absolute Gasteiger partial charge is 0.489 e. The summed E-state index contributed by atoms with van der Waals surface area (Å²) in [7, 11) is 0. The molecule has 1 N–H and O–H groups in total.